The van der Waals surface area contributed by atoms with Crippen molar-refractivity contribution in [2.24, 2.45) is 5.73 Å². The van der Waals surface area contributed by atoms with Gasteiger partial charge in [0.25, 0.3) is 0 Å². The molecule has 9 heteroatoms. The third-order valence-electron chi connectivity index (χ3n) is 3.42. The average Bonchev–Trinajstić information content (AvgIpc) is 2.79. The third-order valence-corrected chi connectivity index (χ3v) is 5.08. The zero-order valence-corrected chi connectivity index (χ0v) is 15.4. The molecule has 1 aliphatic rings. The number of nitrogens with two attached hydrogens (primary N) is 1. The first-order valence-electron chi connectivity index (χ1n) is 7.77. The van der Waals surface area contributed by atoms with Gasteiger partial charge < -0.3 is 14.7 Å². The van der Waals surface area contributed by atoms with Crippen molar-refractivity contribution in [2.45, 2.75) is 11.8 Å². The quantitative estimate of drug-likeness (QED) is 0.753. The molecular weight excluding hydrogens is 401 g/mol. The minimum Gasteiger partial charge on any atom is -0.460 e. The highest BCUT2D eigenvalue weighted by molar-refractivity contribution is 7.86. The Hall–Kier alpha value is -2.22. The van der Waals surface area contributed by atoms with Crippen LogP contribution in [0.15, 0.2) is 60.2 Å². The van der Waals surface area contributed by atoms with Crippen LogP contribution in [0.4, 0.5) is 0 Å². The maximum absolute atomic E-state index is 12.7. The van der Waals surface area contributed by atoms with Crippen molar-refractivity contribution in [3.8, 4) is 0 Å². The van der Waals surface area contributed by atoms with Crippen LogP contribution in [0.1, 0.15) is 18.6 Å². The molecule has 0 amide bonds. The molecule has 0 aliphatic carbocycles. The van der Waals surface area contributed by atoms with Crippen molar-refractivity contribution in [1.29, 1.82) is 0 Å². The van der Waals surface area contributed by atoms with Crippen LogP contribution >= 0.6 is 23.2 Å². The van der Waals surface area contributed by atoms with Gasteiger partial charge in [-0.1, -0.05) is 59.6 Å². The van der Waals surface area contributed by atoms with E-state index in [1.807, 2.05) is 0 Å². The maximum Gasteiger partial charge on any atom is 0.313 e. The molecule has 0 radical (unpaired) electrons. The number of rotatable bonds is 5. The van der Waals surface area contributed by atoms with Crippen LogP contribution in [0, 0.1) is 0 Å². The molecule has 0 spiro atoms. The predicted molar refractivity (Wildman–Crippen MR) is 96.7 cm³/mol. The van der Waals surface area contributed by atoms with Gasteiger partial charge in [-0.2, -0.15) is 8.42 Å². The molecule has 1 unspecified atom stereocenters. The van der Waals surface area contributed by atoms with E-state index in [4.69, 9.17) is 39.2 Å². The topological polar surface area (TPSA) is 95.7 Å². The third kappa shape index (κ3) is 3.95. The van der Waals surface area contributed by atoms with Crippen molar-refractivity contribution < 1.29 is 23.5 Å². The summed E-state index contributed by atoms with van der Waals surface area (Å²) in [5.74, 6) is -2.93. The number of carbonyl (C=O) groups is 1. The summed E-state index contributed by atoms with van der Waals surface area (Å²) in [6.07, 6.45) is -2.37. The van der Waals surface area contributed by atoms with Crippen LogP contribution in [0.3, 0.4) is 0 Å². The zero-order valence-electron chi connectivity index (χ0n) is 14.1. The molecule has 1 aliphatic heterocycles. The Morgan fingerprint density at radius 1 is 1.19 bits per heavy atom. The van der Waals surface area contributed by atoms with Gasteiger partial charge in [0.05, 0.1) is 1.37 Å². The van der Waals surface area contributed by atoms with E-state index in [2.05, 4.69) is 0 Å². The second-order valence-electron chi connectivity index (χ2n) is 5.35. The lowest BCUT2D eigenvalue weighted by Crippen LogP contribution is -2.16. The summed E-state index contributed by atoms with van der Waals surface area (Å²) in [6.45, 7) is 0. The van der Waals surface area contributed by atoms with E-state index >= 15 is 0 Å². The Morgan fingerprint density at radius 2 is 1.88 bits per heavy atom. The molecule has 0 bridgehead atoms. The van der Waals surface area contributed by atoms with Crippen molar-refractivity contribution in [3.63, 3.8) is 0 Å². The molecule has 6 nitrogen and oxygen atoms in total. The lowest BCUT2D eigenvalue weighted by molar-refractivity contribution is -0.123. The largest absolute Gasteiger partial charge is 0.460 e. The van der Waals surface area contributed by atoms with Crippen molar-refractivity contribution in [2.75, 3.05) is 0 Å². The van der Waals surface area contributed by atoms with Crippen LogP contribution < -0.4 is 5.73 Å². The summed E-state index contributed by atoms with van der Waals surface area (Å²) < 4.78 is 42.9. The van der Waals surface area contributed by atoms with E-state index in [1.54, 1.807) is 30.3 Å². The van der Waals surface area contributed by atoms with E-state index in [1.165, 1.54) is 18.2 Å². The number of ketones is 1. The summed E-state index contributed by atoms with van der Waals surface area (Å²) in [5.41, 5.74) is 6.04. The molecule has 0 saturated carbocycles. The lowest BCUT2D eigenvalue weighted by atomic mass is 10.1. The fraction of sp³-hybridized carbons (Fsp3) is 0.118. The molecule has 26 heavy (non-hydrogen) atoms. The van der Waals surface area contributed by atoms with Crippen molar-refractivity contribution in [3.05, 3.63) is 81.3 Å². The van der Waals surface area contributed by atoms with Crippen molar-refractivity contribution >= 4 is 39.1 Å². The first-order chi connectivity index (χ1) is 12.6. The second kappa shape index (κ2) is 7.19. The van der Waals surface area contributed by atoms with Gasteiger partial charge in [-0.25, -0.2) is 0 Å². The minimum absolute atomic E-state index is 0.00737. The first kappa shape index (κ1) is 17.2. The number of hydrogen-bond acceptors (Lipinski definition) is 6. The van der Waals surface area contributed by atoms with Crippen LogP contribution in [0.2, 0.25) is 10.0 Å². The number of hydrogen-bond donors (Lipinski definition) is 1. The summed E-state index contributed by atoms with van der Waals surface area (Å²) in [7, 11) is -4.21. The summed E-state index contributed by atoms with van der Waals surface area (Å²) in [5, 5.41) is 0.285. The lowest BCUT2D eigenvalue weighted by Gasteiger charge is -2.12. The molecule has 2 aromatic rings. The average molecular weight is 415 g/mol. The number of benzene rings is 2. The Bertz CT molecular complexity index is 1040. The Kier molecular flexibility index (Phi) is 4.76. The molecule has 0 aromatic heterocycles. The SMILES string of the molecule is [2H]C1(c2ccc(Cl)cc2Cl)OC(N)=C(OS(=O)(=O)Cc2ccccc2)C1=O. The second-order valence-corrected chi connectivity index (χ2v) is 7.76. The fourth-order valence-corrected chi connectivity index (χ4v) is 3.85. The number of halogens is 2. The molecule has 2 N–H and O–H groups in total. The molecule has 136 valence electrons. The van der Waals surface area contributed by atoms with Gasteiger partial charge in [-0.15, -0.1) is 0 Å². The van der Waals surface area contributed by atoms with Gasteiger partial charge in [-0.05, 0) is 17.7 Å². The summed E-state index contributed by atoms with van der Waals surface area (Å²) in [4.78, 5) is 12.7. The van der Waals surface area contributed by atoms with E-state index < -0.39 is 39.4 Å². The number of carbonyl (C=O) groups excluding carboxylic acids is 1. The molecular formula is C17H13Cl2NO5S. The maximum atomic E-state index is 12.7. The Labute approximate surface area is 161 Å². The molecule has 0 saturated heterocycles. The standard InChI is InChI=1S/C17H13Cl2NO5S/c18-11-6-7-12(13(19)8-11)15-14(21)16(17(20)24-15)25-26(22,23)9-10-4-2-1-3-5-10/h1-8,15H,9,20H2/i15D. The minimum atomic E-state index is -4.21. The molecule has 3 rings (SSSR count). The molecule has 2 aromatic carbocycles. The Balaban J connectivity index is 1.87. The highest BCUT2D eigenvalue weighted by atomic mass is 35.5. The van der Waals surface area contributed by atoms with Gasteiger partial charge in [0.15, 0.2) is 6.08 Å². The van der Waals surface area contributed by atoms with Crippen molar-refractivity contribution in [1.82, 2.24) is 0 Å². The smallest absolute Gasteiger partial charge is 0.313 e. The van der Waals surface area contributed by atoms with E-state index in [0.717, 1.165) is 0 Å². The highest BCUT2D eigenvalue weighted by Gasteiger charge is 2.40. The monoisotopic (exact) mass is 414 g/mol. The summed E-state index contributed by atoms with van der Waals surface area (Å²) in [6, 6.07) is 12.3. The van der Waals surface area contributed by atoms with Gasteiger partial charge >= 0.3 is 10.1 Å². The fourth-order valence-electron chi connectivity index (χ4n) is 2.28. The van der Waals surface area contributed by atoms with Gasteiger partial charge in [0.1, 0.15) is 5.75 Å². The zero-order chi connectivity index (χ0) is 19.8. The highest BCUT2D eigenvalue weighted by Crippen LogP contribution is 2.36. The molecule has 0 fully saturated rings. The van der Waals surface area contributed by atoms with Gasteiger partial charge in [0, 0.05) is 15.6 Å². The van der Waals surface area contributed by atoms with Crippen LogP contribution in [0.25, 0.3) is 0 Å². The van der Waals surface area contributed by atoms with Gasteiger partial charge in [0.2, 0.25) is 17.4 Å². The van der Waals surface area contributed by atoms with Gasteiger partial charge in [-0.3, -0.25) is 4.79 Å². The normalized spacial score (nSPS) is 20.7. The number of ether oxygens (including phenoxy) is 1. The van der Waals surface area contributed by atoms with E-state index in [9.17, 15) is 13.2 Å². The first-order valence-corrected chi connectivity index (χ1v) is 9.61. The van der Waals surface area contributed by atoms with Crippen LogP contribution in [0.5, 0.6) is 0 Å². The van der Waals surface area contributed by atoms with Crippen LogP contribution in [-0.4, -0.2) is 14.2 Å². The predicted octanol–water partition coefficient (Wildman–Crippen LogP) is 3.31. The Morgan fingerprint density at radius 3 is 2.54 bits per heavy atom. The molecule has 1 atom stereocenters. The van der Waals surface area contributed by atoms with E-state index in [-0.39, 0.29) is 10.6 Å². The van der Waals surface area contributed by atoms with Crippen LogP contribution in [-0.2, 0) is 29.6 Å². The van der Waals surface area contributed by atoms with E-state index in [0.29, 0.717) is 10.6 Å². The molecule has 1 heterocycles. The summed E-state index contributed by atoms with van der Waals surface area (Å²) >= 11 is 11.9. The number of Topliss-reactive ketones (excluding diaryl/α,β-unsaturated/α-hetero) is 1.